The SMILES string of the molecule is Cc1ccc(CC=c2[nH][nH]c(=O)c2=Cc2ccc[nH]2)cc1. The average molecular weight is 279 g/mol. The normalized spacial score (nSPS) is 13.0. The van der Waals surface area contributed by atoms with Crippen LogP contribution < -0.4 is 16.1 Å². The highest BCUT2D eigenvalue weighted by atomic mass is 16.1. The third kappa shape index (κ3) is 3.05. The molecule has 0 bridgehead atoms. The van der Waals surface area contributed by atoms with Crippen LogP contribution in [0.25, 0.3) is 12.2 Å². The van der Waals surface area contributed by atoms with E-state index >= 15 is 0 Å². The number of rotatable bonds is 3. The molecular formula is C17H17N3O. The minimum absolute atomic E-state index is 0.111. The van der Waals surface area contributed by atoms with Crippen molar-refractivity contribution in [2.75, 3.05) is 0 Å². The Morgan fingerprint density at radius 3 is 2.62 bits per heavy atom. The van der Waals surface area contributed by atoms with Crippen LogP contribution in [0.5, 0.6) is 0 Å². The second-order valence-electron chi connectivity index (χ2n) is 5.07. The van der Waals surface area contributed by atoms with Crippen LogP contribution in [0.15, 0.2) is 47.4 Å². The zero-order chi connectivity index (χ0) is 14.7. The van der Waals surface area contributed by atoms with Crippen LogP contribution in [0.4, 0.5) is 0 Å². The second-order valence-corrected chi connectivity index (χ2v) is 5.07. The van der Waals surface area contributed by atoms with E-state index in [1.165, 1.54) is 11.1 Å². The zero-order valence-electron chi connectivity index (χ0n) is 11.8. The van der Waals surface area contributed by atoms with Crippen molar-refractivity contribution in [3.63, 3.8) is 0 Å². The largest absolute Gasteiger partial charge is 0.362 e. The Morgan fingerprint density at radius 1 is 1.10 bits per heavy atom. The maximum atomic E-state index is 11.9. The van der Waals surface area contributed by atoms with E-state index in [9.17, 15) is 4.79 Å². The molecule has 0 spiro atoms. The summed E-state index contributed by atoms with van der Waals surface area (Å²) in [5.41, 5.74) is 3.26. The smallest absolute Gasteiger partial charge is 0.271 e. The Bertz CT molecular complexity index is 881. The third-order valence-corrected chi connectivity index (χ3v) is 3.43. The summed E-state index contributed by atoms with van der Waals surface area (Å²) in [6, 6.07) is 12.2. The molecule has 4 heteroatoms. The molecule has 0 atom stereocenters. The van der Waals surface area contributed by atoms with Gasteiger partial charge in [0.25, 0.3) is 5.56 Å². The van der Waals surface area contributed by atoms with Gasteiger partial charge in [0, 0.05) is 11.9 Å². The van der Waals surface area contributed by atoms with Gasteiger partial charge in [-0.2, -0.15) is 0 Å². The number of benzene rings is 1. The minimum Gasteiger partial charge on any atom is -0.362 e. The van der Waals surface area contributed by atoms with Crippen LogP contribution in [0.2, 0.25) is 0 Å². The molecule has 0 aliphatic carbocycles. The van der Waals surface area contributed by atoms with E-state index in [0.717, 1.165) is 17.5 Å². The molecule has 3 aromatic rings. The van der Waals surface area contributed by atoms with E-state index < -0.39 is 0 Å². The van der Waals surface area contributed by atoms with Gasteiger partial charge in [0.2, 0.25) is 0 Å². The van der Waals surface area contributed by atoms with Crippen LogP contribution in [-0.4, -0.2) is 15.2 Å². The summed E-state index contributed by atoms with van der Waals surface area (Å²) in [7, 11) is 0. The predicted molar refractivity (Wildman–Crippen MR) is 84.4 cm³/mol. The summed E-state index contributed by atoms with van der Waals surface area (Å²) >= 11 is 0. The molecule has 0 aliphatic rings. The first-order valence-corrected chi connectivity index (χ1v) is 6.90. The highest BCUT2D eigenvalue weighted by Crippen LogP contribution is 2.03. The molecule has 0 radical (unpaired) electrons. The summed E-state index contributed by atoms with van der Waals surface area (Å²) in [5.74, 6) is 0. The third-order valence-electron chi connectivity index (χ3n) is 3.43. The van der Waals surface area contributed by atoms with Crippen LogP contribution in [0.3, 0.4) is 0 Å². The Hall–Kier alpha value is -2.75. The molecule has 0 amide bonds. The molecule has 0 saturated carbocycles. The van der Waals surface area contributed by atoms with Crippen molar-refractivity contribution in [3.05, 3.63) is 80.3 Å². The number of hydrogen-bond acceptors (Lipinski definition) is 1. The molecule has 1 aromatic carbocycles. The molecule has 0 saturated heterocycles. The number of H-pyrrole nitrogens is 3. The van der Waals surface area contributed by atoms with Crippen molar-refractivity contribution >= 4 is 12.2 Å². The van der Waals surface area contributed by atoms with Crippen molar-refractivity contribution in [2.24, 2.45) is 0 Å². The molecule has 2 heterocycles. The van der Waals surface area contributed by atoms with Crippen molar-refractivity contribution in [1.29, 1.82) is 0 Å². The van der Waals surface area contributed by atoms with Crippen LogP contribution >= 0.6 is 0 Å². The summed E-state index contributed by atoms with van der Waals surface area (Å²) < 4.78 is 0. The van der Waals surface area contributed by atoms with Gasteiger partial charge in [-0.15, -0.1) is 0 Å². The predicted octanol–water partition coefficient (Wildman–Crippen LogP) is 1.19. The van der Waals surface area contributed by atoms with Gasteiger partial charge in [-0.3, -0.25) is 15.0 Å². The molecular weight excluding hydrogens is 262 g/mol. The van der Waals surface area contributed by atoms with Crippen LogP contribution in [-0.2, 0) is 6.42 Å². The molecule has 0 unspecified atom stereocenters. The monoisotopic (exact) mass is 279 g/mol. The van der Waals surface area contributed by atoms with Crippen molar-refractivity contribution < 1.29 is 0 Å². The van der Waals surface area contributed by atoms with Crippen molar-refractivity contribution in [2.45, 2.75) is 13.3 Å². The summed E-state index contributed by atoms with van der Waals surface area (Å²) in [5, 5.41) is 7.03. The topological polar surface area (TPSA) is 64.4 Å². The molecule has 3 N–H and O–H groups in total. The van der Waals surface area contributed by atoms with E-state index in [0.29, 0.717) is 5.22 Å². The van der Waals surface area contributed by atoms with Gasteiger partial charge < -0.3 is 4.98 Å². The molecule has 21 heavy (non-hydrogen) atoms. The number of aryl methyl sites for hydroxylation is 1. The first kappa shape index (κ1) is 13.2. The molecule has 3 rings (SSSR count). The van der Waals surface area contributed by atoms with Crippen molar-refractivity contribution in [3.8, 4) is 0 Å². The minimum atomic E-state index is -0.111. The lowest BCUT2D eigenvalue weighted by Gasteiger charge is -1.96. The lowest BCUT2D eigenvalue weighted by atomic mass is 10.1. The fraction of sp³-hybridized carbons (Fsp3) is 0.118. The van der Waals surface area contributed by atoms with E-state index in [4.69, 9.17) is 0 Å². The number of aromatic nitrogens is 3. The van der Waals surface area contributed by atoms with E-state index in [1.807, 2.05) is 30.5 Å². The Balaban J connectivity index is 1.98. The van der Waals surface area contributed by atoms with Gasteiger partial charge in [0.1, 0.15) is 0 Å². The molecule has 0 aliphatic heterocycles. The van der Waals surface area contributed by atoms with Gasteiger partial charge in [-0.05, 0) is 37.1 Å². The van der Waals surface area contributed by atoms with E-state index in [-0.39, 0.29) is 5.56 Å². The second kappa shape index (κ2) is 5.71. The van der Waals surface area contributed by atoms with Crippen LogP contribution in [0.1, 0.15) is 16.8 Å². The van der Waals surface area contributed by atoms with E-state index in [2.05, 4.69) is 46.4 Å². The van der Waals surface area contributed by atoms with Gasteiger partial charge in [-0.1, -0.05) is 35.9 Å². The first-order valence-electron chi connectivity index (χ1n) is 6.90. The Labute approximate surface area is 121 Å². The van der Waals surface area contributed by atoms with Gasteiger partial charge in [0.15, 0.2) is 0 Å². The Morgan fingerprint density at radius 2 is 1.90 bits per heavy atom. The number of aromatic amines is 3. The molecule has 4 nitrogen and oxygen atoms in total. The van der Waals surface area contributed by atoms with Gasteiger partial charge in [-0.25, -0.2) is 0 Å². The quantitative estimate of drug-likeness (QED) is 0.662. The lowest BCUT2D eigenvalue weighted by Crippen LogP contribution is -2.33. The summed E-state index contributed by atoms with van der Waals surface area (Å²) in [6.07, 6.45) is 6.48. The summed E-state index contributed by atoms with van der Waals surface area (Å²) in [6.45, 7) is 2.07. The number of nitrogens with one attached hydrogen (secondary N) is 3. The maximum absolute atomic E-state index is 11.9. The average Bonchev–Trinajstić information content (AvgIpc) is 3.11. The highest BCUT2D eigenvalue weighted by Gasteiger charge is 1.96. The fourth-order valence-electron chi connectivity index (χ4n) is 2.22. The Kier molecular flexibility index (Phi) is 3.60. The number of hydrogen-bond donors (Lipinski definition) is 3. The van der Waals surface area contributed by atoms with Gasteiger partial charge >= 0.3 is 0 Å². The standard InChI is InChI=1S/C17H17N3O/c1-12-4-6-13(7-5-12)8-9-16-15(17(21)20-19-16)11-14-3-2-10-18-14/h2-7,9-11,18-19H,8H2,1H3,(H,20,21). The highest BCUT2D eigenvalue weighted by molar-refractivity contribution is 5.45. The fourth-order valence-corrected chi connectivity index (χ4v) is 2.22. The first-order chi connectivity index (χ1) is 10.2. The van der Waals surface area contributed by atoms with Crippen LogP contribution in [0, 0.1) is 6.92 Å². The molecule has 2 aromatic heterocycles. The van der Waals surface area contributed by atoms with E-state index in [1.54, 1.807) is 0 Å². The lowest BCUT2D eigenvalue weighted by molar-refractivity contribution is 1.03. The summed E-state index contributed by atoms with van der Waals surface area (Å²) in [4.78, 5) is 14.9. The molecule has 106 valence electrons. The molecule has 0 fully saturated rings. The van der Waals surface area contributed by atoms with Crippen molar-refractivity contribution in [1.82, 2.24) is 15.2 Å². The zero-order valence-corrected chi connectivity index (χ0v) is 11.8. The maximum Gasteiger partial charge on any atom is 0.271 e. The van der Waals surface area contributed by atoms with Gasteiger partial charge in [0.05, 0.1) is 10.6 Å².